The summed E-state index contributed by atoms with van der Waals surface area (Å²) in [6.45, 7) is 7.06. The maximum atomic E-state index is 13.6. The normalized spacial score (nSPS) is 13.6. The Kier molecular flexibility index (Phi) is 65.8. The number of phosphoric acid groups is 1. The summed E-state index contributed by atoms with van der Waals surface area (Å²) in [6.07, 6.45) is 84.6. The molecule has 0 aromatic rings. The highest BCUT2D eigenvalue weighted by atomic mass is 31.2. The van der Waals surface area contributed by atoms with E-state index in [0.29, 0.717) is 23.9 Å². The highest BCUT2D eigenvalue weighted by Gasteiger charge is 2.30. The number of carbonyl (C=O) groups excluding carboxylic acids is 2. The van der Waals surface area contributed by atoms with Crippen molar-refractivity contribution in [3.8, 4) is 0 Å². The molecule has 0 saturated heterocycles. The summed E-state index contributed by atoms with van der Waals surface area (Å²) in [5, 5.41) is 3.08. The SMILES string of the molecule is CCCCC/C=C\C/C=C\CCCCCCCCCCCCCCCCCCCC(=O)OC(/C=C/CCCCCCCCCCC)C(COP(=O)(O)OCC[N+](C)(C)C)NC(=O)CCCCCCCCCCCCCCCCCCCCCCCCC. The second-order valence-corrected chi connectivity index (χ2v) is 29.0. The number of likely N-dealkylation sites (N-methyl/N-ethyl adjacent to an activating group) is 1. The number of hydrogen-bond acceptors (Lipinski definition) is 6. The van der Waals surface area contributed by atoms with Crippen molar-refractivity contribution in [2.24, 2.45) is 0 Å². The van der Waals surface area contributed by atoms with Gasteiger partial charge >= 0.3 is 13.8 Å². The van der Waals surface area contributed by atoms with Crippen molar-refractivity contribution in [2.45, 2.75) is 405 Å². The minimum absolute atomic E-state index is 0.0441. The lowest BCUT2D eigenvalue weighted by molar-refractivity contribution is -0.870. The van der Waals surface area contributed by atoms with E-state index in [0.717, 1.165) is 64.2 Å². The van der Waals surface area contributed by atoms with Crippen molar-refractivity contribution in [3.05, 3.63) is 36.5 Å². The first-order valence-corrected chi connectivity index (χ1v) is 39.8. The second-order valence-electron chi connectivity index (χ2n) is 27.5. The van der Waals surface area contributed by atoms with Crippen LogP contribution in [0.15, 0.2) is 36.5 Å². The van der Waals surface area contributed by atoms with Gasteiger partial charge in [-0.05, 0) is 63.9 Å². The Bertz CT molecular complexity index is 1580. The van der Waals surface area contributed by atoms with E-state index >= 15 is 0 Å². The molecule has 0 rings (SSSR count). The number of esters is 1. The van der Waals surface area contributed by atoms with Crippen LogP contribution >= 0.6 is 7.82 Å². The van der Waals surface area contributed by atoms with E-state index in [1.807, 2.05) is 33.3 Å². The largest absolute Gasteiger partial charge is 0.472 e. The molecule has 0 radical (unpaired) electrons. The van der Waals surface area contributed by atoms with Gasteiger partial charge in [0.25, 0.3) is 0 Å². The van der Waals surface area contributed by atoms with Gasteiger partial charge in [-0.3, -0.25) is 18.6 Å². The standard InChI is InChI=1S/C77H149N2O7P/c1-7-10-13-16-19-22-25-27-29-31-33-35-37-38-39-40-42-44-46-48-50-52-55-58-61-64-67-70-77(81)86-75(68-65-62-59-56-53-24-21-18-15-12-9-3)74(73-85-87(82,83)84-72-71-79(4,5)6)78-76(80)69-66-63-60-57-54-51-49-47-45-43-41-36-34-32-30-28-26-23-20-17-14-11-8-2/h19,22,27,29,65,68,74-75H,7-18,20-21,23-26,28,30-64,66-67,69-73H2,1-6H3,(H-,78,80,82,83)/p+1/b22-19-,29-27-,68-65+. The third-order valence-corrected chi connectivity index (χ3v) is 18.6. The number of carbonyl (C=O) groups is 2. The summed E-state index contributed by atoms with van der Waals surface area (Å²) in [5.74, 6) is -0.481. The molecule has 0 bridgehead atoms. The molecule has 3 atom stereocenters. The predicted octanol–water partition coefficient (Wildman–Crippen LogP) is 24.6. The van der Waals surface area contributed by atoms with E-state index in [2.05, 4.69) is 50.4 Å². The van der Waals surface area contributed by atoms with Crippen molar-refractivity contribution in [3.63, 3.8) is 0 Å². The minimum Gasteiger partial charge on any atom is -0.456 e. The van der Waals surface area contributed by atoms with Crippen molar-refractivity contribution in [1.82, 2.24) is 5.32 Å². The number of amides is 1. The highest BCUT2D eigenvalue weighted by Crippen LogP contribution is 2.43. The smallest absolute Gasteiger partial charge is 0.456 e. The van der Waals surface area contributed by atoms with Crippen LogP contribution in [-0.2, 0) is 27.9 Å². The average Bonchev–Trinajstić information content (AvgIpc) is 3.70. The Morgan fingerprint density at radius 1 is 0.402 bits per heavy atom. The number of ether oxygens (including phenoxy) is 1. The number of quaternary nitrogens is 1. The van der Waals surface area contributed by atoms with E-state index in [9.17, 15) is 19.0 Å². The summed E-state index contributed by atoms with van der Waals surface area (Å²) in [4.78, 5) is 38.0. The van der Waals surface area contributed by atoms with Crippen LogP contribution in [-0.4, -0.2) is 74.3 Å². The zero-order chi connectivity index (χ0) is 63.5. The number of hydrogen-bond donors (Lipinski definition) is 2. The summed E-state index contributed by atoms with van der Waals surface area (Å²) in [6, 6.07) is -0.844. The Hall–Kier alpha value is -1.77. The molecule has 0 aliphatic carbocycles. The molecule has 87 heavy (non-hydrogen) atoms. The molecule has 0 spiro atoms. The maximum absolute atomic E-state index is 13.6. The van der Waals surface area contributed by atoms with E-state index in [4.69, 9.17) is 13.8 Å². The highest BCUT2D eigenvalue weighted by molar-refractivity contribution is 7.47. The predicted molar refractivity (Wildman–Crippen MR) is 379 cm³/mol. The number of nitrogens with one attached hydrogen (secondary N) is 1. The molecular formula is C77H150N2O7P+. The fraction of sp³-hybridized carbons (Fsp3) is 0.896. The fourth-order valence-corrected chi connectivity index (χ4v) is 12.4. The molecule has 514 valence electrons. The monoisotopic (exact) mass is 1250 g/mol. The molecule has 9 nitrogen and oxygen atoms in total. The van der Waals surface area contributed by atoms with Gasteiger partial charge in [-0.1, -0.05) is 353 Å². The molecule has 10 heteroatoms. The van der Waals surface area contributed by atoms with Crippen LogP contribution in [0.2, 0.25) is 0 Å². The topological polar surface area (TPSA) is 111 Å². The van der Waals surface area contributed by atoms with Gasteiger partial charge in [0.05, 0.1) is 33.8 Å². The quantitative estimate of drug-likeness (QED) is 0.0205. The van der Waals surface area contributed by atoms with Gasteiger partial charge in [0.1, 0.15) is 19.3 Å². The average molecular weight is 1250 g/mol. The molecule has 3 unspecified atom stereocenters. The second kappa shape index (κ2) is 67.1. The number of unbranched alkanes of at least 4 members (excludes halogenated alkanes) is 51. The van der Waals surface area contributed by atoms with Crippen LogP contribution in [0.5, 0.6) is 0 Å². The zero-order valence-corrected chi connectivity index (χ0v) is 59.9. The molecular weight excluding hydrogens is 1100 g/mol. The Balaban J connectivity index is 4.88. The van der Waals surface area contributed by atoms with Crippen LogP contribution in [0.1, 0.15) is 393 Å². The third-order valence-electron chi connectivity index (χ3n) is 17.6. The van der Waals surface area contributed by atoms with Gasteiger partial charge in [-0.2, -0.15) is 0 Å². The van der Waals surface area contributed by atoms with E-state index in [1.54, 1.807) is 0 Å². The summed E-state index contributed by atoms with van der Waals surface area (Å²) < 4.78 is 30.9. The number of phosphoric ester groups is 1. The van der Waals surface area contributed by atoms with Crippen molar-refractivity contribution in [1.29, 1.82) is 0 Å². The van der Waals surface area contributed by atoms with Crippen LogP contribution < -0.4 is 5.32 Å². The van der Waals surface area contributed by atoms with Crippen molar-refractivity contribution < 1.29 is 37.3 Å². The molecule has 1 amide bonds. The lowest BCUT2D eigenvalue weighted by Gasteiger charge is -2.27. The van der Waals surface area contributed by atoms with Crippen LogP contribution in [0, 0.1) is 0 Å². The molecule has 0 aromatic carbocycles. The van der Waals surface area contributed by atoms with Gasteiger partial charge in [0, 0.05) is 12.8 Å². The lowest BCUT2D eigenvalue weighted by Crippen LogP contribution is -2.47. The van der Waals surface area contributed by atoms with Crippen LogP contribution in [0.25, 0.3) is 0 Å². The van der Waals surface area contributed by atoms with Crippen molar-refractivity contribution in [2.75, 3.05) is 40.9 Å². The number of nitrogens with zero attached hydrogens (tertiary/aromatic N) is 1. The van der Waals surface area contributed by atoms with Gasteiger partial charge in [-0.15, -0.1) is 0 Å². The number of rotatable bonds is 71. The third kappa shape index (κ3) is 68.4. The Morgan fingerprint density at radius 2 is 0.701 bits per heavy atom. The summed E-state index contributed by atoms with van der Waals surface area (Å²) >= 11 is 0. The zero-order valence-electron chi connectivity index (χ0n) is 59.0. The molecule has 0 aliphatic rings. The van der Waals surface area contributed by atoms with Crippen molar-refractivity contribution >= 4 is 19.7 Å². The first kappa shape index (κ1) is 85.2. The molecule has 0 fully saturated rings. The molecule has 0 aliphatic heterocycles. The molecule has 2 N–H and O–H groups in total. The van der Waals surface area contributed by atoms with Crippen LogP contribution in [0.3, 0.4) is 0 Å². The van der Waals surface area contributed by atoms with Gasteiger partial charge in [0.15, 0.2) is 0 Å². The summed E-state index contributed by atoms with van der Waals surface area (Å²) in [5.41, 5.74) is 0. The number of allylic oxidation sites excluding steroid dienone is 5. The van der Waals surface area contributed by atoms with Gasteiger partial charge < -0.3 is 19.4 Å². The first-order chi connectivity index (χ1) is 42.4. The van der Waals surface area contributed by atoms with Gasteiger partial charge in [0.2, 0.25) is 5.91 Å². The molecule has 0 aromatic heterocycles. The van der Waals surface area contributed by atoms with E-state index < -0.39 is 20.0 Å². The van der Waals surface area contributed by atoms with Crippen LogP contribution in [0.4, 0.5) is 0 Å². The molecule has 0 heterocycles. The maximum Gasteiger partial charge on any atom is 0.472 e. The Morgan fingerprint density at radius 3 is 1.06 bits per heavy atom. The lowest BCUT2D eigenvalue weighted by atomic mass is 10.0. The van der Waals surface area contributed by atoms with Gasteiger partial charge in [-0.25, -0.2) is 4.57 Å². The fourth-order valence-electron chi connectivity index (χ4n) is 11.7. The Labute approximate surface area is 542 Å². The summed E-state index contributed by atoms with van der Waals surface area (Å²) in [7, 11) is 1.52. The van der Waals surface area contributed by atoms with E-state index in [1.165, 1.54) is 295 Å². The van der Waals surface area contributed by atoms with E-state index in [-0.39, 0.29) is 25.1 Å². The molecule has 0 saturated carbocycles. The first-order valence-electron chi connectivity index (χ1n) is 38.3. The minimum atomic E-state index is -4.45.